The normalized spacial score (nSPS) is 27.6. The van der Waals surface area contributed by atoms with Gasteiger partial charge in [-0.2, -0.15) is 5.10 Å². The summed E-state index contributed by atoms with van der Waals surface area (Å²) in [5.74, 6) is 1.40. The van der Waals surface area contributed by atoms with E-state index >= 15 is 0 Å². The summed E-state index contributed by atoms with van der Waals surface area (Å²) in [6.45, 7) is 3.24. The molecule has 1 aromatic carbocycles. The molecular weight excluding hydrogens is 301 g/mol. The van der Waals surface area contributed by atoms with Gasteiger partial charge in [-0.05, 0) is 48.9 Å². The fraction of sp³-hybridized carbons (Fsp3) is 0.450. The lowest BCUT2D eigenvalue weighted by Gasteiger charge is -2.24. The Bertz CT molecular complexity index is 677. The Morgan fingerprint density at radius 1 is 1.08 bits per heavy atom. The molecule has 4 rings (SSSR count). The Balaban J connectivity index is 1.53. The first-order chi connectivity index (χ1) is 11.8. The maximum Gasteiger partial charge on any atom is 0.123 e. The van der Waals surface area contributed by atoms with Gasteiger partial charge in [-0.1, -0.05) is 24.3 Å². The predicted molar refractivity (Wildman–Crippen MR) is 93.4 cm³/mol. The minimum Gasteiger partial charge on any atom is -0.302 e. The fourth-order valence-electron chi connectivity index (χ4n) is 4.26. The Morgan fingerprint density at radius 3 is 2.62 bits per heavy atom. The van der Waals surface area contributed by atoms with Gasteiger partial charge < -0.3 is 4.90 Å². The van der Waals surface area contributed by atoms with Gasteiger partial charge in [0.15, 0.2) is 0 Å². The van der Waals surface area contributed by atoms with Gasteiger partial charge in [0.1, 0.15) is 5.82 Å². The van der Waals surface area contributed by atoms with Crippen molar-refractivity contribution >= 4 is 0 Å². The van der Waals surface area contributed by atoms with Crippen molar-refractivity contribution in [3.05, 3.63) is 65.8 Å². The lowest BCUT2D eigenvalue weighted by molar-refractivity contribution is 0.261. The average Bonchev–Trinajstić information content (AvgIpc) is 3.26. The highest BCUT2D eigenvalue weighted by molar-refractivity contribution is 5.28. The highest BCUT2D eigenvalue weighted by Gasteiger charge is 2.36. The van der Waals surface area contributed by atoms with E-state index in [1.807, 2.05) is 18.3 Å². The van der Waals surface area contributed by atoms with Gasteiger partial charge in [-0.25, -0.2) is 4.39 Å². The number of hydrogen-bond acceptors (Lipinski definition) is 2. The molecule has 2 heterocycles. The summed E-state index contributed by atoms with van der Waals surface area (Å²) in [6.07, 6.45) is 10.2. The van der Waals surface area contributed by atoms with E-state index in [0.717, 1.165) is 25.6 Å². The van der Waals surface area contributed by atoms with Crippen LogP contribution in [0.3, 0.4) is 0 Å². The summed E-state index contributed by atoms with van der Waals surface area (Å²) in [4.78, 5) is 2.59. The number of halogens is 1. The minimum atomic E-state index is -0.166. The largest absolute Gasteiger partial charge is 0.302 e. The topological polar surface area (TPSA) is 31.9 Å². The number of rotatable bonds is 4. The van der Waals surface area contributed by atoms with Crippen LogP contribution in [0.4, 0.5) is 4.39 Å². The van der Waals surface area contributed by atoms with Crippen LogP contribution in [0.15, 0.2) is 48.7 Å². The van der Waals surface area contributed by atoms with Gasteiger partial charge in [0, 0.05) is 43.4 Å². The van der Waals surface area contributed by atoms with Crippen molar-refractivity contribution in [2.45, 2.75) is 31.1 Å². The second-order valence-corrected chi connectivity index (χ2v) is 7.15. The molecule has 4 heteroatoms. The van der Waals surface area contributed by atoms with Crippen molar-refractivity contribution in [3.8, 4) is 0 Å². The van der Waals surface area contributed by atoms with Crippen molar-refractivity contribution in [3.63, 3.8) is 0 Å². The minimum absolute atomic E-state index is 0.166. The van der Waals surface area contributed by atoms with Gasteiger partial charge in [0.05, 0.1) is 0 Å². The Hall–Kier alpha value is -1.94. The van der Waals surface area contributed by atoms with Crippen molar-refractivity contribution < 1.29 is 4.39 Å². The van der Waals surface area contributed by atoms with Gasteiger partial charge >= 0.3 is 0 Å². The molecule has 2 aromatic rings. The molecule has 3 nitrogen and oxygen atoms in total. The molecule has 0 saturated carbocycles. The van der Waals surface area contributed by atoms with E-state index in [-0.39, 0.29) is 5.82 Å². The quantitative estimate of drug-likeness (QED) is 0.859. The summed E-state index contributed by atoms with van der Waals surface area (Å²) in [5.41, 5.74) is 2.41. The zero-order valence-electron chi connectivity index (χ0n) is 13.9. The summed E-state index contributed by atoms with van der Waals surface area (Å²) >= 11 is 0. The highest BCUT2D eigenvalue weighted by atomic mass is 19.1. The van der Waals surface area contributed by atoms with Crippen LogP contribution in [0.25, 0.3) is 0 Å². The molecular formula is C20H24FN3. The van der Waals surface area contributed by atoms with E-state index in [9.17, 15) is 4.39 Å². The number of allylic oxidation sites excluding steroid dienone is 2. The monoisotopic (exact) mass is 325 g/mol. The van der Waals surface area contributed by atoms with E-state index in [4.69, 9.17) is 0 Å². The van der Waals surface area contributed by atoms with Crippen molar-refractivity contribution in [2.24, 2.45) is 5.92 Å². The lowest BCUT2D eigenvalue weighted by atomic mass is 9.87. The zero-order chi connectivity index (χ0) is 16.4. The number of benzene rings is 1. The Labute approximate surface area is 142 Å². The van der Waals surface area contributed by atoms with Gasteiger partial charge in [-0.3, -0.25) is 5.10 Å². The van der Waals surface area contributed by atoms with Gasteiger partial charge in [-0.15, -0.1) is 0 Å². The van der Waals surface area contributed by atoms with Crippen molar-refractivity contribution in [1.82, 2.24) is 15.1 Å². The van der Waals surface area contributed by atoms with Crippen LogP contribution >= 0.6 is 0 Å². The molecule has 24 heavy (non-hydrogen) atoms. The maximum atomic E-state index is 13.3. The van der Waals surface area contributed by atoms with Crippen LogP contribution in [-0.2, 0) is 0 Å². The highest BCUT2D eigenvalue weighted by Crippen LogP contribution is 2.39. The first kappa shape index (κ1) is 15.6. The van der Waals surface area contributed by atoms with Crippen LogP contribution in [0.2, 0.25) is 0 Å². The lowest BCUT2D eigenvalue weighted by Crippen LogP contribution is -2.28. The third kappa shape index (κ3) is 3.29. The third-order valence-corrected chi connectivity index (χ3v) is 5.51. The second-order valence-electron chi connectivity index (χ2n) is 7.15. The molecule has 1 aliphatic carbocycles. The van der Waals surface area contributed by atoms with E-state index in [0.29, 0.717) is 11.8 Å². The summed E-state index contributed by atoms with van der Waals surface area (Å²) < 4.78 is 13.3. The number of H-pyrrole nitrogens is 1. The Kier molecular flexibility index (Phi) is 4.48. The summed E-state index contributed by atoms with van der Waals surface area (Å²) in [5, 5.41) is 7.29. The van der Waals surface area contributed by atoms with Crippen LogP contribution in [0.5, 0.6) is 0 Å². The number of nitrogens with zero attached hydrogens (tertiary/aromatic N) is 2. The third-order valence-electron chi connectivity index (χ3n) is 5.51. The molecule has 0 radical (unpaired) electrons. The molecule has 1 fully saturated rings. The van der Waals surface area contributed by atoms with Crippen LogP contribution < -0.4 is 0 Å². The average molecular weight is 325 g/mol. The number of aromatic nitrogens is 2. The SMILES string of the molecule is Fc1ccc([C@@H]2CN(CC3CC=CCC3)C[C@H]2c2ccn[nH]2)cc1. The Morgan fingerprint density at radius 2 is 1.92 bits per heavy atom. The standard InChI is InChI=1S/C20H24FN3/c21-17-8-6-16(7-9-17)18-13-24(12-15-4-2-1-3-5-15)14-19(18)20-10-11-22-23-20/h1-2,6-11,15,18-19H,3-5,12-14H2,(H,22,23)/t15?,18-,19+/m0/s1. The van der Waals surface area contributed by atoms with Crippen LogP contribution in [-0.4, -0.2) is 34.7 Å². The van der Waals surface area contributed by atoms with Crippen LogP contribution in [0.1, 0.15) is 42.4 Å². The number of hydrogen-bond donors (Lipinski definition) is 1. The number of nitrogens with one attached hydrogen (secondary N) is 1. The van der Waals surface area contributed by atoms with Crippen LogP contribution in [0, 0.1) is 11.7 Å². The molecule has 0 bridgehead atoms. The molecule has 3 atom stereocenters. The van der Waals surface area contributed by atoms with Crippen molar-refractivity contribution in [1.29, 1.82) is 0 Å². The van der Waals surface area contributed by atoms with E-state index in [1.165, 1.54) is 30.5 Å². The molecule has 1 aliphatic heterocycles. The van der Waals surface area contributed by atoms with Gasteiger partial charge in [0.25, 0.3) is 0 Å². The zero-order valence-corrected chi connectivity index (χ0v) is 13.9. The van der Waals surface area contributed by atoms with Gasteiger partial charge in [0.2, 0.25) is 0 Å². The van der Waals surface area contributed by atoms with E-state index < -0.39 is 0 Å². The first-order valence-electron chi connectivity index (χ1n) is 8.91. The molecule has 1 unspecified atom stereocenters. The molecule has 0 amide bonds. The van der Waals surface area contributed by atoms with E-state index in [1.54, 1.807) is 12.1 Å². The van der Waals surface area contributed by atoms with Crippen molar-refractivity contribution in [2.75, 3.05) is 19.6 Å². The molecule has 1 aromatic heterocycles. The number of likely N-dealkylation sites (tertiary alicyclic amines) is 1. The molecule has 1 saturated heterocycles. The smallest absolute Gasteiger partial charge is 0.123 e. The maximum absolute atomic E-state index is 13.3. The molecule has 2 aliphatic rings. The molecule has 126 valence electrons. The summed E-state index contributed by atoms with van der Waals surface area (Å²) in [6, 6.07) is 9.11. The second kappa shape index (κ2) is 6.89. The molecule has 1 N–H and O–H groups in total. The summed E-state index contributed by atoms with van der Waals surface area (Å²) in [7, 11) is 0. The fourth-order valence-corrected chi connectivity index (χ4v) is 4.26. The first-order valence-corrected chi connectivity index (χ1v) is 8.91. The van der Waals surface area contributed by atoms with E-state index in [2.05, 4.69) is 33.3 Å². The molecule has 0 spiro atoms. The predicted octanol–water partition coefficient (Wildman–Crippen LogP) is 4.09. The number of aromatic amines is 1.